The predicted molar refractivity (Wildman–Crippen MR) is 149 cm³/mol. The minimum atomic E-state index is -0.678. The lowest BCUT2D eigenvalue weighted by Crippen LogP contribution is -2.32. The van der Waals surface area contributed by atoms with Gasteiger partial charge in [-0.3, -0.25) is 19.2 Å². The van der Waals surface area contributed by atoms with E-state index in [0.717, 1.165) is 19.4 Å². The van der Waals surface area contributed by atoms with Crippen molar-refractivity contribution in [2.45, 2.75) is 65.2 Å². The van der Waals surface area contributed by atoms with Crippen molar-refractivity contribution in [3.63, 3.8) is 0 Å². The molecule has 0 N–H and O–H groups in total. The van der Waals surface area contributed by atoms with E-state index in [1.165, 1.54) is 0 Å². The van der Waals surface area contributed by atoms with Crippen LogP contribution in [0.5, 0.6) is 0 Å². The minimum absolute atomic E-state index is 0.00909. The van der Waals surface area contributed by atoms with Gasteiger partial charge in [0.15, 0.2) is 0 Å². The molecule has 2 heterocycles. The summed E-state index contributed by atoms with van der Waals surface area (Å²) in [7, 11) is 0. The van der Waals surface area contributed by atoms with Crippen LogP contribution in [0.3, 0.4) is 0 Å². The van der Waals surface area contributed by atoms with Crippen LogP contribution in [0.4, 0.5) is 0 Å². The molecule has 0 aliphatic carbocycles. The molecule has 2 saturated heterocycles. The topological polar surface area (TPSA) is 183 Å². The molecule has 0 saturated carbocycles. The summed E-state index contributed by atoms with van der Waals surface area (Å²) in [6.45, 7) is 9.45. The second kappa shape index (κ2) is 25.3. The maximum Gasteiger partial charge on any atom is 0.335 e. The Labute approximate surface area is 257 Å². The minimum Gasteiger partial charge on any atom is -0.379 e. The second-order valence-electron chi connectivity index (χ2n) is 9.26. The van der Waals surface area contributed by atoms with Gasteiger partial charge in [-0.15, -0.1) is 10.1 Å². The van der Waals surface area contributed by atoms with E-state index in [2.05, 4.69) is 11.8 Å². The molecular weight excluding hydrogens is 588 g/mol. The van der Waals surface area contributed by atoms with Gasteiger partial charge in [0, 0.05) is 38.9 Å². The van der Waals surface area contributed by atoms with E-state index in [4.69, 9.17) is 33.3 Å². The Morgan fingerprint density at radius 2 is 0.705 bits per heavy atom. The lowest BCUT2D eigenvalue weighted by Gasteiger charge is -2.12. The zero-order chi connectivity index (χ0) is 32.4. The van der Waals surface area contributed by atoms with Gasteiger partial charge in [-0.05, 0) is 12.8 Å². The van der Waals surface area contributed by atoms with Crippen LogP contribution in [0.25, 0.3) is 0 Å². The average Bonchev–Trinajstić information content (AvgIpc) is 3.49. The number of hydrogen-bond donors (Lipinski definition) is 0. The van der Waals surface area contributed by atoms with E-state index in [1.807, 2.05) is 6.92 Å². The molecule has 2 aliphatic rings. The first-order valence-corrected chi connectivity index (χ1v) is 14.9. The van der Waals surface area contributed by atoms with Crippen LogP contribution in [0, 0.1) is 0 Å². The molecule has 0 unspecified atom stereocenters. The van der Waals surface area contributed by atoms with E-state index < -0.39 is 35.6 Å². The molecule has 0 aromatic heterocycles. The van der Waals surface area contributed by atoms with E-state index in [1.54, 1.807) is 0 Å². The van der Waals surface area contributed by atoms with E-state index in [0.29, 0.717) is 69.6 Å². The van der Waals surface area contributed by atoms with Crippen molar-refractivity contribution in [3.05, 3.63) is 0 Å². The van der Waals surface area contributed by atoms with Gasteiger partial charge < -0.3 is 38.1 Å². The number of imide groups is 2. The highest BCUT2D eigenvalue weighted by atomic mass is 16.7. The van der Waals surface area contributed by atoms with E-state index in [9.17, 15) is 28.8 Å². The predicted octanol–water partition coefficient (Wildman–Crippen LogP) is 0.887. The molecule has 16 heteroatoms. The number of rotatable bonds is 24. The van der Waals surface area contributed by atoms with Gasteiger partial charge in [0.05, 0.1) is 78.9 Å². The van der Waals surface area contributed by atoms with Gasteiger partial charge in [0.2, 0.25) is 0 Å². The van der Waals surface area contributed by atoms with Crippen molar-refractivity contribution in [2.75, 3.05) is 79.3 Å². The fraction of sp³-hybridized carbons (Fsp3) is 0.786. The summed E-state index contributed by atoms with van der Waals surface area (Å²) >= 11 is 0. The highest BCUT2D eigenvalue weighted by Crippen LogP contribution is 2.13. The highest BCUT2D eigenvalue weighted by Gasteiger charge is 2.33. The fourth-order valence-corrected chi connectivity index (χ4v) is 3.29. The number of carbonyl (C=O) groups excluding carboxylic acids is 6. The molecule has 0 aromatic rings. The summed E-state index contributed by atoms with van der Waals surface area (Å²) in [6, 6.07) is 0. The van der Waals surface area contributed by atoms with Gasteiger partial charge in [-0.25, -0.2) is 9.59 Å². The summed E-state index contributed by atoms with van der Waals surface area (Å²) in [5.41, 5.74) is 0. The number of ether oxygens (including phenoxy) is 6. The van der Waals surface area contributed by atoms with Crippen LogP contribution in [0.2, 0.25) is 0 Å². The normalized spacial score (nSPS) is 14.7. The number of hydrogen-bond acceptors (Lipinski definition) is 14. The van der Waals surface area contributed by atoms with Gasteiger partial charge in [0.1, 0.15) is 0 Å². The smallest absolute Gasteiger partial charge is 0.335 e. The zero-order valence-electron chi connectivity index (χ0n) is 25.8. The van der Waals surface area contributed by atoms with Crippen molar-refractivity contribution in [1.82, 2.24) is 10.1 Å². The van der Waals surface area contributed by atoms with Crippen LogP contribution in [-0.2, 0) is 66.9 Å². The third-order valence-electron chi connectivity index (χ3n) is 5.48. The fourth-order valence-electron chi connectivity index (χ4n) is 3.29. The summed E-state index contributed by atoms with van der Waals surface area (Å²) in [5, 5.41) is 1.06. The summed E-state index contributed by atoms with van der Waals surface area (Å²) in [6.07, 6.45) is 2.24. The first-order valence-electron chi connectivity index (χ1n) is 14.9. The molecule has 0 bridgehead atoms. The van der Waals surface area contributed by atoms with Gasteiger partial charge >= 0.3 is 11.9 Å². The Balaban J connectivity index is 0.000000457. The van der Waals surface area contributed by atoms with Crippen LogP contribution in [0.15, 0.2) is 0 Å². The molecule has 44 heavy (non-hydrogen) atoms. The van der Waals surface area contributed by atoms with Gasteiger partial charge in [-0.1, -0.05) is 13.8 Å². The van der Waals surface area contributed by atoms with Crippen LogP contribution in [0.1, 0.15) is 65.2 Å². The van der Waals surface area contributed by atoms with Crippen LogP contribution < -0.4 is 0 Å². The van der Waals surface area contributed by atoms with Crippen molar-refractivity contribution >= 4 is 35.6 Å². The van der Waals surface area contributed by atoms with Crippen molar-refractivity contribution < 1.29 is 66.9 Å². The maximum atomic E-state index is 11.5. The van der Waals surface area contributed by atoms with E-state index in [-0.39, 0.29) is 51.7 Å². The Morgan fingerprint density at radius 1 is 0.455 bits per heavy atom. The molecule has 252 valence electrons. The Kier molecular flexibility index (Phi) is 22.4. The molecule has 2 aliphatic heterocycles. The molecular formula is C28H46N2O14. The quantitative estimate of drug-likeness (QED) is 0.108. The number of carbonyl (C=O) groups is 6. The van der Waals surface area contributed by atoms with Crippen molar-refractivity contribution in [2.24, 2.45) is 0 Å². The lowest BCUT2D eigenvalue weighted by molar-refractivity contribution is -0.198. The first-order chi connectivity index (χ1) is 21.3. The Bertz CT molecular complexity index is 852. The molecule has 0 aromatic carbocycles. The first kappa shape index (κ1) is 39.0. The summed E-state index contributed by atoms with van der Waals surface area (Å²) < 4.78 is 31.4. The largest absolute Gasteiger partial charge is 0.379 e. The highest BCUT2D eigenvalue weighted by molar-refractivity contribution is 6.02. The number of amides is 4. The molecule has 0 spiro atoms. The van der Waals surface area contributed by atoms with Crippen LogP contribution >= 0.6 is 0 Å². The SMILES string of the molecule is CCCOCCOCCC(=O)ON1C(=O)CCC1=O.CCCOCCOCCOCCOCCC(=O)ON1C(=O)CCC1=O. The molecule has 0 radical (unpaired) electrons. The Hall–Kier alpha value is -3.02. The zero-order valence-corrected chi connectivity index (χ0v) is 25.8. The monoisotopic (exact) mass is 634 g/mol. The third-order valence-corrected chi connectivity index (χ3v) is 5.48. The Morgan fingerprint density at radius 3 is 0.977 bits per heavy atom. The molecule has 4 amide bonds. The van der Waals surface area contributed by atoms with Gasteiger partial charge in [-0.2, -0.15) is 0 Å². The van der Waals surface area contributed by atoms with Crippen LogP contribution in [-0.4, -0.2) is 125 Å². The average molecular weight is 635 g/mol. The molecule has 0 atom stereocenters. The number of hydroxylamine groups is 4. The third kappa shape index (κ3) is 18.6. The second-order valence-corrected chi connectivity index (χ2v) is 9.26. The standard InChI is InChI=1S/C16H27NO8.C12H19NO6/c1-2-6-21-8-10-23-12-13-24-11-9-22-7-5-16(20)25-17-14(18)3-4-15(17)19;1-2-6-17-8-9-18-7-5-12(16)19-13-10(14)3-4-11(13)15/h2-13H2,1H3;2-9H2,1H3. The molecule has 2 rings (SSSR count). The summed E-state index contributed by atoms with van der Waals surface area (Å²) in [5.74, 6) is -3.28. The number of nitrogens with zero attached hydrogens (tertiary/aromatic N) is 2. The molecule has 16 nitrogen and oxygen atoms in total. The van der Waals surface area contributed by atoms with Gasteiger partial charge in [0.25, 0.3) is 23.6 Å². The summed E-state index contributed by atoms with van der Waals surface area (Å²) in [4.78, 5) is 77.1. The van der Waals surface area contributed by atoms with Crippen molar-refractivity contribution in [3.8, 4) is 0 Å². The maximum absolute atomic E-state index is 11.5. The van der Waals surface area contributed by atoms with Crippen molar-refractivity contribution in [1.29, 1.82) is 0 Å². The lowest BCUT2D eigenvalue weighted by atomic mass is 10.4. The molecule has 2 fully saturated rings. The van der Waals surface area contributed by atoms with E-state index >= 15 is 0 Å².